The van der Waals surface area contributed by atoms with Gasteiger partial charge in [-0.1, -0.05) is 17.7 Å². The second kappa shape index (κ2) is 5.25. The molecule has 1 aliphatic rings. The first-order valence-corrected chi connectivity index (χ1v) is 8.21. The van der Waals surface area contributed by atoms with Crippen LogP contribution < -0.4 is 0 Å². The summed E-state index contributed by atoms with van der Waals surface area (Å²) in [5, 5.41) is 13.6. The van der Waals surface area contributed by atoms with E-state index in [1.54, 1.807) is 4.68 Å². The van der Waals surface area contributed by atoms with Crippen LogP contribution in [0.3, 0.4) is 0 Å². The van der Waals surface area contributed by atoms with Gasteiger partial charge in [0.2, 0.25) is 10.0 Å². The fraction of sp³-hybridized carbons (Fsp3) is 0.357. The van der Waals surface area contributed by atoms with Crippen molar-refractivity contribution in [3.05, 3.63) is 42.2 Å². The van der Waals surface area contributed by atoms with Gasteiger partial charge in [0.05, 0.1) is 24.2 Å². The third-order valence-electron chi connectivity index (χ3n) is 3.62. The number of hydrogen-bond donors (Lipinski definition) is 1. The number of aliphatic hydroxyl groups is 1. The molecule has 7 heteroatoms. The third-order valence-corrected chi connectivity index (χ3v) is 5.44. The van der Waals surface area contributed by atoms with Gasteiger partial charge in [0.15, 0.2) is 0 Å². The van der Waals surface area contributed by atoms with E-state index in [1.165, 1.54) is 16.7 Å². The van der Waals surface area contributed by atoms with Crippen LogP contribution in [0.1, 0.15) is 12.0 Å². The second-order valence-corrected chi connectivity index (χ2v) is 7.20. The summed E-state index contributed by atoms with van der Waals surface area (Å²) < 4.78 is 27.7. The van der Waals surface area contributed by atoms with Gasteiger partial charge in [-0.3, -0.25) is 0 Å². The fourth-order valence-electron chi connectivity index (χ4n) is 2.36. The van der Waals surface area contributed by atoms with Gasteiger partial charge in [0.1, 0.15) is 4.90 Å². The minimum atomic E-state index is -3.58. The zero-order valence-electron chi connectivity index (χ0n) is 11.7. The maximum absolute atomic E-state index is 12.4. The van der Waals surface area contributed by atoms with E-state index in [4.69, 9.17) is 0 Å². The topological polar surface area (TPSA) is 75.4 Å². The van der Waals surface area contributed by atoms with E-state index in [9.17, 15) is 13.5 Å². The third kappa shape index (κ3) is 2.72. The Bertz CT molecular complexity index is 737. The molecular formula is C14H17N3O3S. The quantitative estimate of drug-likeness (QED) is 0.915. The molecule has 6 nitrogen and oxygen atoms in total. The zero-order valence-corrected chi connectivity index (χ0v) is 12.5. The summed E-state index contributed by atoms with van der Waals surface area (Å²) in [6, 6.07) is 7.67. The molecule has 0 radical (unpaired) electrons. The van der Waals surface area contributed by atoms with Crippen LogP contribution >= 0.6 is 0 Å². The highest BCUT2D eigenvalue weighted by Gasteiger charge is 2.32. The molecule has 1 aromatic carbocycles. The van der Waals surface area contributed by atoms with Crippen LogP contribution in [0.2, 0.25) is 0 Å². The van der Waals surface area contributed by atoms with Crippen molar-refractivity contribution in [3.63, 3.8) is 0 Å². The first kappa shape index (κ1) is 14.2. The van der Waals surface area contributed by atoms with Crippen LogP contribution in [0.15, 0.2) is 41.6 Å². The molecule has 1 saturated heterocycles. The molecule has 0 saturated carbocycles. The number of nitrogens with zero attached hydrogens (tertiary/aromatic N) is 3. The SMILES string of the molecule is Cc1ccc(-n2cc(S(=O)(=O)N3CC[C@H](O)C3)cn2)cc1. The van der Waals surface area contributed by atoms with Gasteiger partial charge in [-0.15, -0.1) is 0 Å². The fourth-order valence-corrected chi connectivity index (χ4v) is 3.78. The lowest BCUT2D eigenvalue weighted by Crippen LogP contribution is -2.29. The minimum Gasteiger partial charge on any atom is -0.392 e. The van der Waals surface area contributed by atoms with Crippen molar-refractivity contribution >= 4 is 10.0 Å². The van der Waals surface area contributed by atoms with Gasteiger partial charge in [0, 0.05) is 13.1 Å². The van der Waals surface area contributed by atoms with Gasteiger partial charge in [-0.25, -0.2) is 13.1 Å². The monoisotopic (exact) mass is 307 g/mol. The second-order valence-electron chi connectivity index (χ2n) is 5.26. The highest BCUT2D eigenvalue weighted by atomic mass is 32.2. The molecule has 0 aliphatic carbocycles. The number of rotatable bonds is 3. The van der Waals surface area contributed by atoms with E-state index < -0.39 is 16.1 Å². The number of sulfonamides is 1. The molecule has 1 atom stereocenters. The Labute approximate surface area is 123 Å². The lowest BCUT2D eigenvalue weighted by atomic mass is 10.2. The number of aliphatic hydroxyl groups excluding tert-OH is 1. The van der Waals surface area contributed by atoms with Crippen molar-refractivity contribution in [3.8, 4) is 5.69 Å². The number of aryl methyl sites for hydroxylation is 1. The summed E-state index contributed by atoms with van der Waals surface area (Å²) in [5.74, 6) is 0. The van der Waals surface area contributed by atoms with E-state index in [-0.39, 0.29) is 11.4 Å². The van der Waals surface area contributed by atoms with Crippen molar-refractivity contribution in [1.82, 2.24) is 14.1 Å². The molecule has 0 unspecified atom stereocenters. The van der Waals surface area contributed by atoms with Crippen LogP contribution in [0.4, 0.5) is 0 Å². The van der Waals surface area contributed by atoms with Crippen LogP contribution in [0.5, 0.6) is 0 Å². The van der Waals surface area contributed by atoms with E-state index in [0.29, 0.717) is 13.0 Å². The highest BCUT2D eigenvalue weighted by molar-refractivity contribution is 7.89. The predicted octanol–water partition coefficient (Wildman–Crippen LogP) is 0.936. The summed E-state index contributed by atoms with van der Waals surface area (Å²) in [6.07, 6.45) is 2.75. The first-order chi connectivity index (χ1) is 9.96. The number of β-amino-alcohol motifs (C(OH)–C–C–N with tert-alkyl or cyclic N) is 1. The minimum absolute atomic E-state index is 0.150. The van der Waals surface area contributed by atoms with Crippen molar-refractivity contribution in [1.29, 1.82) is 0 Å². The maximum Gasteiger partial charge on any atom is 0.246 e. The summed E-state index contributed by atoms with van der Waals surface area (Å²) in [6.45, 7) is 2.48. The zero-order chi connectivity index (χ0) is 15.0. The summed E-state index contributed by atoms with van der Waals surface area (Å²) in [5.41, 5.74) is 1.94. The van der Waals surface area contributed by atoms with Crippen LogP contribution in [-0.4, -0.2) is 46.8 Å². The molecule has 1 aromatic heterocycles. The van der Waals surface area contributed by atoms with Crippen LogP contribution in [0, 0.1) is 6.92 Å². The lowest BCUT2D eigenvalue weighted by Gasteiger charge is -2.13. The Morgan fingerprint density at radius 3 is 2.62 bits per heavy atom. The van der Waals surface area contributed by atoms with Crippen LogP contribution in [0.25, 0.3) is 5.69 Å². The normalized spacial score (nSPS) is 20.0. The Morgan fingerprint density at radius 2 is 2.00 bits per heavy atom. The Hall–Kier alpha value is -1.70. The van der Waals surface area contributed by atoms with E-state index in [0.717, 1.165) is 11.3 Å². The molecule has 0 bridgehead atoms. The van der Waals surface area contributed by atoms with Crippen molar-refractivity contribution in [2.24, 2.45) is 0 Å². The number of aromatic nitrogens is 2. The molecule has 112 valence electrons. The van der Waals surface area contributed by atoms with Crippen molar-refractivity contribution in [2.45, 2.75) is 24.3 Å². The van der Waals surface area contributed by atoms with Gasteiger partial charge in [-0.2, -0.15) is 9.40 Å². The largest absolute Gasteiger partial charge is 0.392 e. The van der Waals surface area contributed by atoms with E-state index in [1.807, 2.05) is 31.2 Å². The Balaban J connectivity index is 1.89. The molecule has 1 fully saturated rings. The van der Waals surface area contributed by atoms with E-state index in [2.05, 4.69) is 5.10 Å². The van der Waals surface area contributed by atoms with Crippen LogP contribution in [-0.2, 0) is 10.0 Å². The van der Waals surface area contributed by atoms with Gasteiger partial charge in [0.25, 0.3) is 0 Å². The molecule has 1 aliphatic heterocycles. The molecule has 2 aromatic rings. The smallest absolute Gasteiger partial charge is 0.246 e. The average molecular weight is 307 g/mol. The Morgan fingerprint density at radius 1 is 1.29 bits per heavy atom. The number of hydrogen-bond acceptors (Lipinski definition) is 4. The molecule has 21 heavy (non-hydrogen) atoms. The Kier molecular flexibility index (Phi) is 3.56. The summed E-state index contributed by atoms with van der Waals surface area (Å²) in [7, 11) is -3.58. The standard InChI is InChI=1S/C14H17N3O3S/c1-11-2-4-12(5-3-11)17-10-14(8-15-17)21(19,20)16-7-6-13(18)9-16/h2-5,8,10,13,18H,6-7,9H2,1H3/t13-/m0/s1. The average Bonchev–Trinajstić information content (AvgIpc) is 3.09. The summed E-state index contributed by atoms with van der Waals surface area (Å²) >= 11 is 0. The molecule has 0 spiro atoms. The maximum atomic E-state index is 12.4. The van der Waals surface area contributed by atoms with Crippen molar-refractivity contribution in [2.75, 3.05) is 13.1 Å². The molecular weight excluding hydrogens is 290 g/mol. The summed E-state index contributed by atoms with van der Waals surface area (Å²) in [4.78, 5) is 0.150. The predicted molar refractivity (Wildman–Crippen MR) is 77.7 cm³/mol. The first-order valence-electron chi connectivity index (χ1n) is 6.77. The lowest BCUT2D eigenvalue weighted by molar-refractivity contribution is 0.189. The molecule has 0 amide bonds. The number of benzene rings is 1. The van der Waals surface area contributed by atoms with Gasteiger partial charge >= 0.3 is 0 Å². The van der Waals surface area contributed by atoms with Gasteiger partial charge < -0.3 is 5.11 Å². The highest BCUT2D eigenvalue weighted by Crippen LogP contribution is 2.21. The van der Waals surface area contributed by atoms with E-state index >= 15 is 0 Å². The molecule has 3 rings (SSSR count). The molecule has 1 N–H and O–H groups in total. The van der Waals surface area contributed by atoms with Crippen molar-refractivity contribution < 1.29 is 13.5 Å². The molecule has 2 heterocycles. The van der Waals surface area contributed by atoms with Gasteiger partial charge in [-0.05, 0) is 25.5 Å².